The van der Waals surface area contributed by atoms with E-state index in [9.17, 15) is 9.59 Å². The molecule has 0 spiro atoms. The highest BCUT2D eigenvalue weighted by atomic mass is 35.5. The van der Waals surface area contributed by atoms with Gasteiger partial charge in [-0.25, -0.2) is 4.98 Å². The van der Waals surface area contributed by atoms with Gasteiger partial charge in [0.25, 0.3) is 11.5 Å². The largest absolute Gasteiger partial charge is 0.346 e. The van der Waals surface area contributed by atoms with Crippen molar-refractivity contribution in [2.75, 3.05) is 0 Å². The molecule has 1 atom stereocenters. The van der Waals surface area contributed by atoms with E-state index >= 15 is 0 Å². The third kappa shape index (κ3) is 3.67. The molecule has 28 heavy (non-hydrogen) atoms. The number of benzene rings is 2. The lowest BCUT2D eigenvalue weighted by molar-refractivity contribution is 0.0940. The summed E-state index contributed by atoms with van der Waals surface area (Å²) in [6.45, 7) is 2.64. The molecule has 5 nitrogen and oxygen atoms in total. The molecule has 0 bridgehead atoms. The number of carbonyl (C=O) groups is 1. The van der Waals surface area contributed by atoms with E-state index in [4.69, 9.17) is 16.6 Å². The summed E-state index contributed by atoms with van der Waals surface area (Å²) in [6, 6.07) is 12.4. The maximum absolute atomic E-state index is 12.8. The van der Waals surface area contributed by atoms with Gasteiger partial charge in [-0.3, -0.25) is 14.2 Å². The second-order valence-electron chi connectivity index (χ2n) is 7.27. The van der Waals surface area contributed by atoms with Gasteiger partial charge in [0.1, 0.15) is 5.82 Å². The zero-order valence-corrected chi connectivity index (χ0v) is 16.5. The molecule has 1 amide bonds. The molecule has 6 heteroatoms. The maximum Gasteiger partial charge on any atom is 0.261 e. The number of nitrogens with zero attached hydrogens (tertiary/aromatic N) is 2. The molecule has 2 aromatic carbocycles. The first-order chi connectivity index (χ1) is 13.5. The summed E-state index contributed by atoms with van der Waals surface area (Å²) in [5.74, 6) is 0.628. The van der Waals surface area contributed by atoms with E-state index in [2.05, 4.69) is 5.32 Å². The van der Waals surface area contributed by atoms with Crippen LogP contribution in [0.25, 0.3) is 10.9 Å². The maximum atomic E-state index is 12.8. The van der Waals surface area contributed by atoms with Crippen LogP contribution in [0.2, 0.25) is 5.02 Å². The number of fused-ring (bicyclic) bond motifs is 2. The van der Waals surface area contributed by atoms with Gasteiger partial charge in [-0.1, -0.05) is 30.2 Å². The minimum atomic E-state index is -0.193. The normalized spacial score (nSPS) is 14.9. The zero-order chi connectivity index (χ0) is 19.7. The molecule has 0 unspecified atom stereocenters. The predicted octanol–water partition coefficient (Wildman–Crippen LogP) is 4.27. The molecule has 2 heterocycles. The van der Waals surface area contributed by atoms with Crippen molar-refractivity contribution in [3.8, 4) is 0 Å². The zero-order valence-electron chi connectivity index (χ0n) is 15.7. The molecule has 4 rings (SSSR count). The van der Waals surface area contributed by atoms with Crippen LogP contribution in [0.3, 0.4) is 0 Å². The van der Waals surface area contributed by atoms with Gasteiger partial charge in [-0.15, -0.1) is 0 Å². The van der Waals surface area contributed by atoms with E-state index in [-0.39, 0.29) is 17.5 Å². The first kappa shape index (κ1) is 18.7. The van der Waals surface area contributed by atoms with Crippen molar-refractivity contribution in [3.63, 3.8) is 0 Å². The standard InChI is InChI=1S/C22H22ClN3O2/c1-14(15-6-9-17(23)10-7-15)24-21(27)16-8-11-18-19(13-16)25-20-5-3-2-4-12-26(20)22(18)28/h6-11,13-14H,2-5,12H2,1H3,(H,24,27)/t14-/m0/s1. The van der Waals surface area contributed by atoms with Crippen molar-refractivity contribution in [3.05, 3.63) is 74.8 Å². The smallest absolute Gasteiger partial charge is 0.261 e. The molecule has 0 radical (unpaired) electrons. The van der Waals surface area contributed by atoms with E-state index in [0.717, 1.165) is 43.6 Å². The Morgan fingerprint density at radius 1 is 1.14 bits per heavy atom. The number of hydrogen-bond donors (Lipinski definition) is 1. The summed E-state index contributed by atoms with van der Waals surface area (Å²) in [4.78, 5) is 30.2. The van der Waals surface area contributed by atoms with Gasteiger partial charge in [0.05, 0.1) is 16.9 Å². The Morgan fingerprint density at radius 2 is 1.93 bits per heavy atom. The molecule has 0 aliphatic carbocycles. The van der Waals surface area contributed by atoms with Crippen molar-refractivity contribution in [2.24, 2.45) is 0 Å². The molecule has 1 aliphatic rings. The highest BCUT2D eigenvalue weighted by Gasteiger charge is 2.16. The van der Waals surface area contributed by atoms with E-state index in [1.54, 1.807) is 34.9 Å². The van der Waals surface area contributed by atoms with Crippen LogP contribution in [-0.4, -0.2) is 15.5 Å². The molecule has 144 valence electrons. The topological polar surface area (TPSA) is 64.0 Å². The highest BCUT2D eigenvalue weighted by molar-refractivity contribution is 6.30. The van der Waals surface area contributed by atoms with E-state index < -0.39 is 0 Å². The van der Waals surface area contributed by atoms with Crippen LogP contribution in [0.15, 0.2) is 47.3 Å². The van der Waals surface area contributed by atoms with Gasteiger partial charge in [0.15, 0.2) is 0 Å². The SMILES string of the molecule is C[C@H](NC(=O)c1ccc2c(=O)n3c(nc2c1)CCCCC3)c1ccc(Cl)cc1. The Hall–Kier alpha value is -2.66. The summed E-state index contributed by atoms with van der Waals surface area (Å²) in [5.41, 5.74) is 2.05. The van der Waals surface area contributed by atoms with Gasteiger partial charge < -0.3 is 5.32 Å². The molecule has 1 aliphatic heterocycles. The molecular weight excluding hydrogens is 374 g/mol. The van der Waals surface area contributed by atoms with Crippen LogP contribution >= 0.6 is 11.6 Å². The van der Waals surface area contributed by atoms with Gasteiger partial charge >= 0.3 is 0 Å². The van der Waals surface area contributed by atoms with Gasteiger partial charge in [0.2, 0.25) is 0 Å². The first-order valence-electron chi connectivity index (χ1n) is 9.63. The number of hydrogen-bond acceptors (Lipinski definition) is 3. The molecular formula is C22H22ClN3O2. The summed E-state index contributed by atoms with van der Waals surface area (Å²) in [6.07, 6.45) is 3.95. The molecule has 1 N–H and O–H groups in total. The van der Waals surface area contributed by atoms with E-state index in [1.165, 1.54) is 0 Å². The second kappa shape index (κ2) is 7.76. The number of carbonyl (C=O) groups excluding carboxylic acids is 1. The fraction of sp³-hybridized carbons (Fsp3) is 0.318. The van der Waals surface area contributed by atoms with Crippen molar-refractivity contribution in [2.45, 2.75) is 45.2 Å². The Morgan fingerprint density at radius 3 is 2.71 bits per heavy atom. The van der Waals surface area contributed by atoms with Crippen LogP contribution in [0, 0.1) is 0 Å². The van der Waals surface area contributed by atoms with Gasteiger partial charge in [-0.2, -0.15) is 0 Å². The van der Waals surface area contributed by atoms with Crippen LogP contribution in [0.4, 0.5) is 0 Å². The number of rotatable bonds is 3. The van der Waals surface area contributed by atoms with Crippen LogP contribution in [-0.2, 0) is 13.0 Å². The Labute approximate surface area is 168 Å². The molecule has 1 aromatic heterocycles. The quantitative estimate of drug-likeness (QED) is 0.720. The fourth-order valence-corrected chi connectivity index (χ4v) is 3.80. The third-order valence-corrected chi connectivity index (χ3v) is 5.55. The minimum Gasteiger partial charge on any atom is -0.346 e. The van der Waals surface area contributed by atoms with Crippen LogP contribution < -0.4 is 10.9 Å². The molecule has 0 saturated carbocycles. The number of halogens is 1. The Kier molecular flexibility index (Phi) is 5.18. The van der Waals surface area contributed by atoms with Gasteiger partial charge in [0, 0.05) is 23.6 Å². The summed E-state index contributed by atoms with van der Waals surface area (Å²) in [5, 5.41) is 4.21. The van der Waals surface area contributed by atoms with Gasteiger partial charge in [-0.05, 0) is 55.7 Å². The van der Waals surface area contributed by atoms with Crippen molar-refractivity contribution < 1.29 is 4.79 Å². The predicted molar refractivity (Wildman–Crippen MR) is 111 cm³/mol. The van der Waals surface area contributed by atoms with Crippen LogP contribution in [0.5, 0.6) is 0 Å². The average Bonchev–Trinajstić information content (AvgIpc) is 2.94. The first-order valence-corrected chi connectivity index (χ1v) is 10.0. The fourth-order valence-electron chi connectivity index (χ4n) is 3.67. The molecule has 3 aromatic rings. The van der Waals surface area contributed by atoms with Crippen molar-refractivity contribution >= 4 is 28.4 Å². The minimum absolute atomic E-state index is 0.0107. The van der Waals surface area contributed by atoms with Crippen molar-refractivity contribution in [1.29, 1.82) is 0 Å². The molecule has 0 fully saturated rings. The lowest BCUT2D eigenvalue weighted by Gasteiger charge is -2.15. The van der Waals surface area contributed by atoms with Crippen molar-refractivity contribution in [1.82, 2.24) is 14.9 Å². The summed E-state index contributed by atoms with van der Waals surface area (Å²) < 4.78 is 1.79. The number of aryl methyl sites for hydroxylation is 1. The number of nitrogens with one attached hydrogen (secondary N) is 1. The summed E-state index contributed by atoms with van der Waals surface area (Å²) in [7, 11) is 0. The Balaban J connectivity index is 1.62. The lowest BCUT2D eigenvalue weighted by atomic mass is 10.1. The monoisotopic (exact) mass is 395 g/mol. The lowest BCUT2D eigenvalue weighted by Crippen LogP contribution is -2.27. The average molecular weight is 396 g/mol. The highest BCUT2D eigenvalue weighted by Crippen LogP contribution is 2.19. The Bertz CT molecular complexity index is 1090. The summed E-state index contributed by atoms with van der Waals surface area (Å²) >= 11 is 5.93. The number of amides is 1. The van der Waals surface area contributed by atoms with E-state index in [0.29, 0.717) is 21.5 Å². The second-order valence-corrected chi connectivity index (χ2v) is 7.71. The van der Waals surface area contributed by atoms with E-state index in [1.807, 2.05) is 19.1 Å². The molecule has 0 saturated heterocycles. The van der Waals surface area contributed by atoms with Crippen LogP contribution in [0.1, 0.15) is 54.0 Å². The number of aromatic nitrogens is 2. The third-order valence-electron chi connectivity index (χ3n) is 5.30.